The minimum atomic E-state index is 0.0185. The van der Waals surface area contributed by atoms with Crippen molar-refractivity contribution in [2.24, 2.45) is 5.92 Å². The molecule has 0 aliphatic carbocycles. The minimum absolute atomic E-state index is 0.0185. The van der Waals surface area contributed by atoms with E-state index < -0.39 is 0 Å². The Kier molecular flexibility index (Phi) is 8.24. The highest BCUT2D eigenvalue weighted by Gasteiger charge is 2.08. The summed E-state index contributed by atoms with van der Waals surface area (Å²) in [5.41, 5.74) is 0. The molecule has 0 heterocycles. The van der Waals surface area contributed by atoms with Gasteiger partial charge in [-0.25, -0.2) is 0 Å². The molecule has 3 heteroatoms. The molecule has 96 valence electrons. The SMILES string of the molecule is CC(=O)/C=C/CCC(C)C(=O)/C=C/CN(C)C. The first-order valence-corrected chi connectivity index (χ1v) is 5.95. The van der Waals surface area contributed by atoms with E-state index in [1.807, 2.05) is 38.1 Å². The molecule has 1 unspecified atom stereocenters. The molecule has 0 saturated heterocycles. The molecule has 0 saturated carbocycles. The zero-order valence-electron chi connectivity index (χ0n) is 11.3. The Labute approximate surface area is 104 Å². The van der Waals surface area contributed by atoms with Crippen LogP contribution in [-0.2, 0) is 9.59 Å². The second-order valence-electron chi connectivity index (χ2n) is 4.56. The standard InChI is InChI=1S/C14H23NO2/c1-12(8-5-6-9-13(2)16)14(17)10-7-11-15(3)4/h6-7,9-10,12H,5,8,11H2,1-4H3/b9-6+,10-7+. The highest BCUT2D eigenvalue weighted by molar-refractivity contribution is 5.91. The summed E-state index contributed by atoms with van der Waals surface area (Å²) in [5, 5.41) is 0. The van der Waals surface area contributed by atoms with E-state index >= 15 is 0 Å². The molecular formula is C14H23NO2. The Morgan fingerprint density at radius 1 is 1.18 bits per heavy atom. The van der Waals surface area contributed by atoms with Crippen LogP contribution >= 0.6 is 0 Å². The van der Waals surface area contributed by atoms with E-state index in [9.17, 15) is 9.59 Å². The second kappa shape index (κ2) is 8.88. The van der Waals surface area contributed by atoms with Gasteiger partial charge >= 0.3 is 0 Å². The molecule has 0 aliphatic rings. The molecule has 3 nitrogen and oxygen atoms in total. The van der Waals surface area contributed by atoms with E-state index in [0.29, 0.717) is 0 Å². The molecule has 0 aromatic carbocycles. The topological polar surface area (TPSA) is 37.4 Å². The zero-order chi connectivity index (χ0) is 13.3. The fourth-order valence-electron chi connectivity index (χ4n) is 1.28. The Hall–Kier alpha value is -1.22. The van der Waals surface area contributed by atoms with Gasteiger partial charge in [0.05, 0.1) is 0 Å². The number of allylic oxidation sites excluding steroid dienone is 3. The number of carbonyl (C=O) groups excluding carboxylic acids is 2. The summed E-state index contributed by atoms with van der Waals surface area (Å²) >= 11 is 0. The van der Waals surface area contributed by atoms with Crippen molar-refractivity contribution in [2.75, 3.05) is 20.6 Å². The maximum Gasteiger partial charge on any atom is 0.158 e. The maximum atomic E-state index is 11.7. The lowest BCUT2D eigenvalue weighted by Crippen LogP contribution is -2.12. The third-order valence-corrected chi connectivity index (χ3v) is 2.36. The highest BCUT2D eigenvalue weighted by Crippen LogP contribution is 2.08. The predicted octanol–water partition coefficient (Wildman–Crippen LogP) is 2.23. The monoisotopic (exact) mass is 237 g/mol. The van der Waals surface area contributed by atoms with Gasteiger partial charge in [-0.15, -0.1) is 0 Å². The number of hydrogen-bond donors (Lipinski definition) is 0. The first-order valence-electron chi connectivity index (χ1n) is 5.95. The lowest BCUT2D eigenvalue weighted by atomic mass is 10.00. The third kappa shape index (κ3) is 9.69. The Bertz CT molecular complexity index is 303. The molecule has 17 heavy (non-hydrogen) atoms. The summed E-state index contributed by atoms with van der Waals surface area (Å²) in [5.74, 6) is 0.225. The van der Waals surface area contributed by atoms with Gasteiger partial charge in [-0.3, -0.25) is 9.59 Å². The van der Waals surface area contributed by atoms with E-state index in [0.717, 1.165) is 19.4 Å². The van der Waals surface area contributed by atoms with Crippen molar-refractivity contribution < 1.29 is 9.59 Å². The number of carbonyl (C=O) groups is 2. The van der Waals surface area contributed by atoms with Gasteiger partial charge in [-0.05, 0) is 46.0 Å². The van der Waals surface area contributed by atoms with E-state index in [1.165, 1.54) is 6.92 Å². The molecule has 0 aliphatic heterocycles. The van der Waals surface area contributed by atoms with Crippen molar-refractivity contribution in [3.8, 4) is 0 Å². The van der Waals surface area contributed by atoms with Gasteiger partial charge < -0.3 is 4.90 Å². The Morgan fingerprint density at radius 3 is 2.35 bits per heavy atom. The summed E-state index contributed by atoms with van der Waals surface area (Å²) in [6, 6.07) is 0. The van der Waals surface area contributed by atoms with E-state index in [4.69, 9.17) is 0 Å². The summed E-state index contributed by atoms with van der Waals surface area (Å²) < 4.78 is 0. The lowest BCUT2D eigenvalue weighted by molar-refractivity contribution is -0.117. The molecule has 1 atom stereocenters. The predicted molar refractivity (Wildman–Crippen MR) is 70.9 cm³/mol. The lowest BCUT2D eigenvalue weighted by Gasteiger charge is -2.06. The molecule has 0 aromatic heterocycles. The number of ketones is 2. The van der Waals surface area contributed by atoms with Gasteiger partial charge in [0.25, 0.3) is 0 Å². The van der Waals surface area contributed by atoms with Gasteiger partial charge in [0.15, 0.2) is 11.6 Å². The molecule has 0 rings (SSSR count). The largest absolute Gasteiger partial charge is 0.306 e. The quantitative estimate of drug-likeness (QED) is 0.608. The van der Waals surface area contributed by atoms with Crippen LogP contribution in [-0.4, -0.2) is 37.1 Å². The molecule has 0 amide bonds. The fraction of sp³-hybridized carbons (Fsp3) is 0.571. The van der Waals surface area contributed by atoms with Crippen LogP contribution in [0.1, 0.15) is 26.7 Å². The average molecular weight is 237 g/mol. The molecule has 0 radical (unpaired) electrons. The van der Waals surface area contributed by atoms with Crippen LogP contribution in [0, 0.1) is 5.92 Å². The van der Waals surface area contributed by atoms with Gasteiger partial charge in [0, 0.05) is 12.5 Å². The van der Waals surface area contributed by atoms with Crippen LogP contribution in [0.3, 0.4) is 0 Å². The summed E-state index contributed by atoms with van der Waals surface area (Å²) in [6.45, 7) is 4.22. The first-order chi connectivity index (χ1) is 7.93. The molecule has 0 aromatic rings. The molecule has 0 bridgehead atoms. The molecule has 0 spiro atoms. The van der Waals surface area contributed by atoms with Gasteiger partial charge in [0.1, 0.15) is 0 Å². The Balaban J connectivity index is 3.89. The van der Waals surface area contributed by atoms with Crippen molar-refractivity contribution in [3.63, 3.8) is 0 Å². The van der Waals surface area contributed by atoms with Crippen molar-refractivity contribution in [1.29, 1.82) is 0 Å². The Morgan fingerprint density at radius 2 is 1.82 bits per heavy atom. The van der Waals surface area contributed by atoms with Gasteiger partial charge in [-0.1, -0.05) is 19.1 Å². The molecule has 0 fully saturated rings. The van der Waals surface area contributed by atoms with E-state index in [2.05, 4.69) is 0 Å². The summed E-state index contributed by atoms with van der Waals surface area (Å²) in [4.78, 5) is 24.3. The van der Waals surface area contributed by atoms with Crippen LogP contribution in [0.5, 0.6) is 0 Å². The number of hydrogen-bond acceptors (Lipinski definition) is 3. The van der Waals surface area contributed by atoms with Crippen molar-refractivity contribution >= 4 is 11.6 Å². The van der Waals surface area contributed by atoms with Crippen molar-refractivity contribution in [1.82, 2.24) is 4.90 Å². The van der Waals surface area contributed by atoms with Crippen molar-refractivity contribution in [3.05, 3.63) is 24.3 Å². The van der Waals surface area contributed by atoms with Gasteiger partial charge in [-0.2, -0.15) is 0 Å². The normalized spacial score (nSPS) is 13.7. The number of likely N-dealkylation sites (N-methyl/N-ethyl adjacent to an activating group) is 1. The highest BCUT2D eigenvalue weighted by atomic mass is 16.1. The smallest absolute Gasteiger partial charge is 0.158 e. The van der Waals surface area contributed by atoms with E-state index in [-0.39, 0.29) is 17.5 Å². The van der Waals surface area contributed by atoms with Gasteiger partial charge in [0.2, 0.25) is 0 Å². The molecular weight excluding hydrogens is 214 g/mol. The average Bonchev–Trinajstić information content (AvgIpc) is 2.23. The first kappa shape index (κ1) is 15.8. The van der Waals surface area contributed by atoms with Crippen LogP contribution < -0.4 is 0 Å². The van der Waals surface area contributed by atoms with Crippen LogP contribution in [0.4, 0.5) is 0 Å². The van der Waals surface area contributed by atoms with Crippen LogP contribution in [0.15, 0.2) is 24.3 Å². The van der Waals surface area contributed by atoms with Crippen LogP contribution in [0.25, 0.3) is 0 Å². The van der Waals surface area contributed by atoms with Crippen molar-refractivity contribution in [2.45, 2.75) is 26.7 Å². The summed E-state index contributed by atoms with van der Waals surface area (Å²) in [7, 11) is 3.93. The minimum Gasteiger partial charge on any atom is -0.306 e. The summed E-state index contributed by atoms with van der Waals surface area (Å²) in [6.07, 6.45) is 8.47. The zero-order valence-corrected chi connectivity index (χ0v) is 11.3. The molecule has 0 N–H and O–H groups in total. The third-order valence-electron chi connectivity index (χ3n) is 2.36. The maximum absolute atomic E-state index is 11.7. The van der Waals surface area contributed by atoms with Crippen LogP contribution in [0.2, 0.25) is 0 Å². The fourth-order valence-corrected chi connectivity index (χ4v) is 1.28. The number of nitrogens with zero attached hydrogens (tertiary/aromatic N) is 1. The van der Waals surface area contributed by atoms with E-state index in [1.54, 1.807) is 12.2 Å². The number of rotatable bonds is 8. The second-order valence-corrected chi connectivity index (χ2v) is 4.56.